The normalized spacial score (nSPS) is 16.7. The molecular weight excluding hydrogens is 367 g/mol. The van der Waals surface area contributed by atoms with Crippen molar-refractivity contribution in [2.24, 2.45) is 0 Å². The summed E-state index contributed by atoms with van der Waals surface area (Å²) in [5.41, 5.74) is 0.927. The smallest absolute Gasteiger partial charge is 0.305 e. The molecule has 1 heterocycles. The number of rotatable bonds is 6. The predicted octanol–water partition coefficient (Wildman–Crippen LogP) is 2.27. The quantitative estimate of drug-likeness (QED) is 0.794. The molecule has 8 heteroatoms. The third-order valence-electron chi connectivity index (χ3n) is 4.36. The maximum Gasteiger partial charge on any atom is 0.305 e. The van der Waals surface area contributed by atoms with Gasteiger partial charge >= 0.3 is 5.97 Å². The first-order valence-electron chi connectivity index (χ1n) is 8.69. The minimum absolute atomic E-state index is 0.291. The van der Waals surface area contributed by atoms with Gasteiger partial charge in [-0.05, 0) is 36.8 Å². The van der Waals surface area contributed by atoms with Crippen molar-refractivity contribution >= 4 is 23.5 Å². The van der Waals surface area contributed by atoms with Crippen molar-refractivity contribution in [3.05, 3.63) is 59.9 Å². The molecule has 146 valence electrons. The number of anilines is 1. The second-order valence-electron chi connectivity index (χ2n) is 6.42. The maximum atomic E-state index is 13.1. The fraction of sp³-hybridized carbons (Fsp3) is 0.250. The third kappa shape index (κ3) is 4.28. The van der Waals surface area contributed by atoms with Crippen LogP contribution in [0.4, 0.5) is 10.1 Å². The van der Waals surface area contributed by atoms with E-state index in [1.54, 1.807) is 31.2 Å². The highest BCUT2D eigenvalue weighted by molar-refractivity contribution is 6.03. The van der Waals surface area contributed by atoms with Crippen LogP contribution in [-0.2, 0) is 14.4 Å². The molecule has 0 saturated heterocycles. The van der Waals surface area contributed by atoms with Crippen LogP contribution in [0.1, 0.15) is 24.9 Å². The molecule has 0 radical (unpaired) electrons. The molecule has 0 aliphatic carbocycles. The number of hydrogen-bond acceptors (Lipinski definition) is 4. The summed E-state index contributed by atoms with van der Waals surface area (Å²) in [6.07, 6.45) is -1.11. The molecule has 7 nitrogen and oxygen atoms in total. The zero-order valence-electron chi connectivity index (χ0n) is 15.1. The lowest BCUT2D eigenvalue weighted by Crippen LogP contribution is -2.49. The Morgan fingerprint density at radius 2 is 1.89 bits per heavy atom. The van der Waals surface area contributed by atoms with E-state index in [2.05, 4.69) is 5.32 Å². The predicted molar refractivity (Wildman–Crippen MR) is 98.4 cm³/mol. The number of carbonyl (C=O) groups is 3. The summed E-state index contributed by atoms with van der Waals surface area (Å²) in [6, 6.07) is 11.2. The van der Waals surface area contributed by atoms with E-state index in [0.717, 1.165) is 0 Å². The van der Waals surface area contributed by atoms with E-state index in [0.29, 0.717) is 17.0 Å². The lowest BCUT2D eigenvalue weighted by atomic mass is 10.0. The summed E-state index contributed by atoms with van der Waals surface area (Å²) in [5.74, 6) is -1.99. The Kier molecular flexibility index (Phi) is 5.58. The molecule has 0 saturated carbocycles. The van der Waals surface area contributed by atoms with E-state index in [9.17, 15) is 18.8 Å². The van der Waals surface area contributed by atoms with Crippen LogP contribution in [0.3, 0.4) is 0 Å². The highest BCUT2D eigenvalue weighted by Crippen LogP contribution is 2.33. The molecule has 2 unspecified atom stereocenters. The molecule has 2 aromatic carbocycles. The van der Waals surface area contributed by atoms with Crippen molar-refractivity contribution in [3.8, 4) is 5.75 Å². The number of nitrogens with zero attached hydrogens (tertiary/aromatic N) is 1. The van der Waals surface area contributed by atoms with Crippen LogP contribution in [0.5, 0.6) is 5.75 Å². The van der Waals surface area contributed by atoms with Gasteiger partial charge < -0.3 is 15.2 Å². The van der Waals surface area contributed by atoms with Crippen molar-refractivity contribution in [2.75, 3.05) is 11.4 Å². The van der Waals surface area contributed by atoms with E-state index in [1.165, 1.54) is 29.2 Å². The van der Waals surface area contributed by atoms with Gasteiger partial charge in [0, 0.05) is 0 Å². The number of benzene rings is 2. The highest BCUT2D eigenvalue weighted by atomic mass is 19.1. The maximum absolute atomic E-state index is 13.1. The van der Waals surface area contributed by atoms with E-state index in [1.807, 2.05) is 0 Å². The highest BCUT2D eigenvalue weighted by Gasteiger charge is 2.33. The van der Waals surface area contributed by atoms with Crippen molar-refractivity contribution in [1.82, 2.24) is 5.32 Å². The van der Waals surface area contributed by atoms with Gasteiger partial charge in [0.15, 0.2) is 6.10 Å². The number of ether oxygens (including phenoxy) is 1. The molecule has 0 fully saturated rings. The minimum atomic E-state index is -1.11. The van der Waals surface area contributed by atoms with Crippen LogP contribution in [0.25, 0.3) is 0 Å². The minimum Gasteiger partial charge on any atom is -0.481 e. The zero-order chi connectivity index (χ0) is 20.3. The Bertz CT molecular complexity index is 900. The third-order valence-corrected chi connectivity index (χ3v) is 4.36. The molecule has 0 bridgehead atoms. The summed E-state index contributed by atoms with van der Waals surface area (Å²) in [6.45, 7) is 1.30. The first-order chi connectivity index (χ1) is 13.3. The second kappa shape index (κ2) is 8.08. The van der Waals surface area contributed by atoms with E-state index in [-0.39, 0.29) is 18.9 Å². The van der Waals surface area contributed by atoms with Gasteiger partial charge in [-0.3, -0.25) is 19.3 Å². The largest absolute Gasteiger partial charge is 0.481 e. The Morgan fingerprint density at radius 3 is 2.57 bits per heavy atom. The standard InChI is InChI=1S/C20H19FN2O5/c1-12-20(27)23(16-4-2-3-5-17(16)28-12)11-18(24)22-15(10-19(25)26)13-6-8-14(21)9-7-13/h2-9,12,15H,10-11H2,1H3,(H,22,24)(H,25,26). The molecule has 3 rings (SSSR count). The van der Waals surface area contributed by atoms with Crippen LogP contribution in [0.15, 0.2) is 48.5 Å². The number of aliphatic carboxylic acids is 1. The van der Waals surface area contributed by atoms with Crippen molar-refractivity contribution < 1.29 is 28.6 Å². The van der Waals surface area contributed by atoms with Gasteiger partial charge in [-0.15, -0.1) is 0 Å². The van der Waals surface area contributed by atoms with Crippen molar-refractivity contribution in [1.29, 1.82) is 0 Å². The number of fused-ring (bicyclic) bond motifs is 1. The summed E-state index contributed by atoms with van der Waals surface area (Å²) >= 11 is 0. The Morgan fingerprint density at radius 1 is 1.21 bits per heavy atom. The first-order valence-corrected chi connectivity index (χ1v) is 8.69. The molecule has 0 aromatic heterocycles. The van der Waals surface area contributed by atoms with Gasteiger partial charge in [-0.25, -0.2) is 4.39 Å². The van der Waals surface area contributed by atoms with E-state index < -0.39 is 29.8 Å². The fourth-order valence-corrected chi connectivity index (χ4v) is 3.03. The van der Waals surface area contributed by atoms with Crippen LogP contribution in [0, 0.1) is 5.82 Å². The fourth-order valence-electron chi connectivity index (χ4n) is 3.03. The number of nitrogens with one attached hydrogen (secondary N) is 1. The Labute approximate surface area is 160 Å². The monoisotopic (exact) mass is 386 g/mol. The number of carboxylic acid groups (broad SMARTS) is 1. The van der Waals surface area contributed by atoms with Gasteiger partial charge in [0.1, 0.15) is 18.1 Å². The number of hydrogen-bond donors (Lipinski definition) is 2. The molecule has 2 atom stereocenters. The van der Waals surface area contributed by atoms with Gasteiger partial charge in [0.25, 0.3) is 5.91 Å². The molecule has 28 heavy (non-hydrogen) atoms. The average Bonchev–Trinajstić information content (AvgIpc) is 2.65. The van der Waals surface area contributed by atoms with Crippen LogP contribution >= 0.6 is 0 Å². The lowest BCUT2D eigenvalue weighted by molar-refractivity contribution is -0.138. The number of para-hydroxylation sites is 2. The van der Waals surface area contributed by atoms with Gasteiger partial charge in [-0.1, -0.05) is 24.3 Å². The molecule has 2 aromatic rings. The lowest BCUT2D eigenvalue weighted by Gasteiger charge is -2.32. The summed E-state index contributed by atoms with van der Waals surface area (Å²) in [5, 5.41) is 11.8. The zero-order valence-corrected chi connectivity index (χ0v) is 15.1. The topological polar surface area (TPSA) is 95.9 Å². The van der Waals surface area contributed by atoms with Crippen LogP contribution in [0.2, 0.25) is 0 Å². The molecule has 0 spiro atoms. The summed E-state index contributed by atoms with van der Waals surface area (Å²) in [4.78, 5) is 37.6. The number of carboxylic acids is 1. The number of carbonyl (C=O) groups excluding carboxylic acids is 2. The summed E-state index contributed by atoms with van der Waals surface area (Å²) in [7, 11) is 0. The molecule has 1 aliphatic heterocycles. The molecular formula is C20H19FN2O5. The van der Waals surface area contributed by atoms with Crippen molar-refractivity contribution in [3.63, 3.8) is 0 Å². The molecule has 2 N–H and O–H groups in total. The van der Waals surface area contributed by atoms with Crippen LogP contribution < -0.4 is 15.0 Å². The van der Waals surface area contributed by atoms with E-state index >= 15 is 0 Å². The Balaban J connectivity index is 1.78. The van der Waals surface area contributed by atoms with Crippen LogP contribution in [-0.4, -0.2) is 35.5 Å². The number of halogens is 1. The number of amides is 2. The van der Waals surface area contributed by atoms with Crippen molar-refractivity contribution in [2.45, 2.75) is 25.5 Å². The SMILES string of the molecule is CC1Oc2ccccc2N(CC(=O)NC(CC(=O)O)c2ccc(F)cc2)C1=O. The second-order valence-corrected chi connectivity index (χ2v) is 6.42. The average molecular weight is 386 g/mol. The van der Waals surface area contributed by atoms with Gasteiger partial charge in [0.2, 0.25) is 5.91 Å². The summed E-state index contributed by atoms with van der Waals surface area (Å²) < 4.78 is 18.7. The molecule has 1 aliphatic rings. The van der Waals surface area contributed by atoms with E-state index in [4.69, 9.17) is 9.84 Å². The Hall–Kier alpha value is -3.42. The molecule has 2 amide bonds. The van der Waals surface area contributed by atoms with Gasteiger partial charge in [-0.2, -0.15) is 0 Å². The van der Waals surface area contributed by atoms with Gasteiger partial charge in [0.05, 0.1) is 18.2 Å². The first kappa shape index (κ1) is 19.3.